The van der Waals surface area contributed by atoms with Gasteiger partial charge in [0.15, 0.2) is 5.96 Å². The third kappa shape index (κ3) is 10.5. The Balaban J connectivity index is 1.99. The summed E-state index contributed by atoms with van der Waals surface area (Å²) in [4.78, 5) is 6.60. The second-order valence-corrected chi connectivity index (χ2v) is 6.85. The SMILES string of the molecule is CS(=O)(=O)NCCCNC(N)=NCCCN1CCOCC1. The van der Waals surface area contributed by atoms with Gasteiger partial charge in [-0.25, -0.2) is 13.1 Å². The van der Waals surface area contributed by atoms with Gasteiger partial charge in [-0.15, -0.1) is 0 Å². The minimum absolute atomic E-state index is 0.399. The van der Waals surface area contributed by atoms with Crippen LogP contribution in [-0.2, 0) is 14.8 Å². The highest BCUT2D eigenvalue weighted by molar-refractivity contribution is 7.88. The van der Waals surface area contributed by atoms with E-state index in [0.29, 0.717) is 32.0 Å². The molecule has 0 aliphatic carbocycles. The van der Waals surface area contributed by atoms with Crippen LogP contribution in [0.4, 0.5) is 0 Å². The van der Waals surface area contributed by atoms with E-state index in [0.717, 1.165) is 45.5 Å². The number of hydrogen-bond donors (Lipinski definition) is 3. The van der Waals surface area contributed by atoms with Gasteiger partial charge in [0.05, 0.1) is 19.5 Å². The molecule has 0 amide bonds. The van der Waals surface area contributed by atoms with E-state index in [1.807, 2.05) is 0 Å². The Labute approximate surface area is 127 Å². The summed E-state index contributed by atoms with van der Waals surface area (Å²) in [5.41, 5.74) is 5.73. The zero-order valence-electron chi connectivity index (χ0n) is 12.7. The molecule has 0 aromatic carbocycles. The number of nitrogens with zero attached hydrogens (tertiary/aromatic N) is 2. The van der Waals surface area contributed by atoms with Gasteiger partial charge in [0.1, 0.15) is 0 Å². The fraction of sp³-hybridized carbons (Fsp3) is 0.917. The molecule has 1 aliphatic heterocycles. The predicted molar refractivity (Wildman–Crippen MR) is 83.8 cm³/mol. The van der Waals surface area contributed by atoms with E-state index in [4.69, 9.17) is 10.5 Å². The average molecular weight is 321 g/mol. The summed E-state index contributed by atoms with van der Waals surface area (Å²) in [6, 6.07) is 0. The van der Waals surface area contributed by atoms with Crippen molar-refractivity contribution in [1.82, 2.24) is 14.9 Å². The number of nitrogens with two attached hydrogens (primary N) is 1. The van der Waals surface area contributed by atoms with Crippen LogP contribution in [0.5, 0.6) is 0 Å². The maximum Gasteiger partial charge on any atom is 0.208 e. The number of sulfonamides is 1. The number of hydrogen-bond acceptors (Lipinski definition) is 5. The summed E-state index contributed by atoms with van der Waals surface area (Å²) >= 11 is 0. The molecule has 0 spiro atoms. The lowest BCUT2D eigenvalue weighted by molar-refractivity contribution is 0.0377. The molecule has 8 nitrogen and oxygen atoms in total. The van der Waals surface area contributed by atoms with Gasteiger partial charge in [0.2, 0.25) is 10.0 Å². The molecule has 124 valence electrons. The van der Waals surface area contributed by atoms with Gasteiger partial charge in [-0.3, -0.25) is 9.89 Å². The predicted octanol–water partition coefficient (Wildman–Crippen LogP) is -1.45. The molecule has 0 saturated carbocycles. The zero-order chi connectivity index (χ0) is 15.6. The summed E-state index contributed by atoms with van der Waals surface area (Å²) in [7, 11) is -3.11. The number of aliphatic imine (C=N–C) groups is 1. The van der Waals surface area contributed by atoms with E-state index in [1.165, 1.54) is 0 Å². The molecule has 1 aliphatic rings. The first-order chi connectivity index (χ1) is 9.97. The average Bonchev–Trinajstić information content (AvgIpc) is 2.43. The highest BCUT2D eigenvalue weighted by Gasteiger charge is 2.08. The van der Waals surface area contributed by atoms with Gasteiger partial charge in [-0.2, -0.15) is 0 Å². The lowest BCUT2D eigenvalue weighted by Gasteiger charge is -2.26. The molecule has 1 rings (SSSR count). The van der Waals surface area contributed by atoms with Crippen LogP contribution in [0.3, 0.4) is 0 Å². The van der Waals surface area contributed by atoms with Crippen molar-refractivity contribution in [2.75, 3.05) is 58.7 Å². The number of nitrogens with one attached hydrogen (secondary N) is 2. The van der Waals surface area contributed by atoms with Crippen LogP contribution in [0, 0.1) is 0 Å². The Bertz CT molecular complexity index is 407. The lowest BCUT2D eigenvalue weighted by Crippen LogP contribution is -2.37. The molecule has 1 fully saturated rings. The second kappa shape index (κ2) is 9.93. The van der Waals surface area contributed by atoms with Gasteiger partial charge < -0.3 is 15.8 Å². The summed E-state index contributed by atoms with van der Waals surface area (Å²) in [5.74, 6) is 0.413. The summed E-state index contributed by atoms with van der Waals surface area (Å²) in [5, 5.41) is 2.97. The molecule has 0 unspecified atom stereocenters. The monoisotopic (exact) mass is 321 g/mol. The number of ether oxygens (including phenoxy) is 1. The molecule has 0 atom stereocenters. The number of guanidine groups is 1. The Morgan fingerprint density at radius 3 is 2.67 bits per heavy atom. The minimum atomic E-state index is -3.11. The van der Waals surface area contributed by atoms with Crippen LogP contribution in [0.25, 0.3) is 0 Å². The summed E-state index contributed by atoms with van der Waals surface area (Å²) in [6.45, 7) is 6.31. The van der Waals surface area contributed by atoms with E-state index in [-0.39, 0.29) is 0 Å². The van der Waals surface area contributed by atoms with Crippen LogP contribution < -0.4 is 15.8 Å². The molecule has 21 heavy (non-hydrogen) atoms. The minimum Gasteiger partial charge on any atom is -0.379 e. The fourth-order valence-corrected chi connectivity index (χ4v) is 2.45. The summed E-state index contributed by atoms with van der Waals surface area (Å²) in [6.07, 6.45) is 2.78. The van der Waals surface area contributed by atoms with Crippen molar-refractivity contribution < 1.29 is 13.2 Å². The zero-order valence-corrected chi connectivity index (χ0v) is 13.5. The van der Waals surface area contributed by atoms with Crippen molar-refractivity contribution in [2.24, 2.45) is 10.7 Å². The van der Waals surface area contributed by atoms with Gasteiger partial charge >= 0.3 is 0 Å². The van der Waals surface area contributed by atoms with Crippen LogP contribution in [0.15, 0.2) is 4.99 Å². The topological polar surface area (TPSA) is 109 Å². The molecular formula is C12H27N5O3S. The molecule has 4 N–H and O–H groups in total. The number of morpholine rings is 1. The molecule has 9 heteroatoms. The van der Waals surface area contributed by atoms with Crippen LogP contribution in [0.1, 0.15) is 12.8 Å². The normalized spacial score (nSPS) is 17.9. The fourth-order valence-electron chi connectivity index (χ4n) is 1.94. The molecule has 1 heterocycles. The van der Waals surface area contributed by atoms with Gasteiger partial charge in [-0.05, 0) is 12.8 Å². The quantitative estimate of drug-likeness (QED) is 0.272. The third-order valence-electron chi connectivity index (χ3n) is 3.04. The van der Waals surface area contributed by atoms with Gasteiger partial charge in [0, 0.05) is 39.3 Å². The summed E-state index contributed by atoms with van der Waals surface area (Å²) < 4.78 is 29.4. The van der Waals surface area contributed by atoms with Crippen molar-refractivity contribution in [1.29, 1.82) is 0 Å². The molecule has 0 radical (unpaired) electrons. The standard InChI is InChI=1S/C12H27N5O3S/c1-21(18,19)16-6-2-4-14-12(13)15-5-3-7-17-8-10-20-11-9-17/h16H,2-11H2,1H3,(H3,13,14,15). The first-order valence-electron chi connectivity index (χ1n) is 7.26. The lowest BCUT2D eigenvalue weighted by atomic mass is 10.3. The molecule has 0 aromatic rings. The smallest absolute Gasteiger partial charge is 0.208 e. The van der Waals surface area contributed by atoms with E-state index in [2.05, 4.69) is 19.9 Å². The van der Waals surface area contributed by atoms with Crippen LogP contribution >= 0.6 is 0 Å². The van der Waals surface area contributed by atoms with E-state index in [9.17, 15) is 8.42 Å². The Hall–Kier alpha value is -0.900. The Morgan fingerprint density at radius 2 is 2.00 bits per heavy atom. The first kappa shape index (κ1) is 18.1. The first-order valence-corrected chi connectivity index (χ1v) is 9.15. The Morgan fingerprint density at radius 1 is 1.29 bits per heavy atom. The highest BCUT2D eigenvalue weighted by Crippen LogP contribution is 1.97. The van der Waals surface area contributed by atoms with E-state index >= 15 is 0 Å². The Kier molecular flexibility index (Phi) is 8.58. The maximum absolute atomic E-state index is 10.8. The molecular weight excluding hydrogens is 294 g/mol. The molecule has 0 aromatic heterocycles. The van der Waals surface area contributed by atoms with Crippen LogP contribution in [0.2, 0.25) is 0 Å². The van der Waals surface area contributed by atoms with Crippen molar-refractivity contribution in [3.63, 3.8) is 0 Å². The van der Waals surface area contributed by atoms with Gasteiger partial charge in [0.25, 0.3) is 0 Å². The van der Waals surface area contributed by atoms with E-state index in [1.54, 1.807) is 0 Å². The van der Waals surface area contributed by atoms with Crippen LogP contribution in [-0.4, -0.2) is 78.0 Å². The van der Waals surface area contributed by atoms with E-state index < -0.39 is 10.0 Å². The highest BCUT2D eigenvalue weighted by atomic mass is 32.2. The van der Waals surface area contributed by atoms with Crippen molar-refractivity contribution >= 4 is 16.0 Å². The maximum atomic E-state index is 10.8. The second-order valence-electron chi connectivity index (χ2n) is 5.02. The van der Waals surface area contributed by atoms with Crippen molar-refractivity contribution in [3.8, 4) is 0 Å². The largest absolute Gasteiger partial charge is 0.379 e. The third-order valence-corrected chi connectivity index (χ3v) is 3.77. The number of rotatable bonds is 9. The molecule has 0 bridgehead atoms. The van der Waals surface area contributed by atoms with Crippen molar-refractivity contribution in [3.05, 3.63) is 0 Å². The van der Waals surface area contributed by atoms with Crippen molar-refractivity contribution in [2.45, 2.75) is 12.8 Å². The van der Waals surface area contributed by atoms with Gasteiger partial charge in [-0.1, -0.05) is 0 Å². The molecule has 1 saturated heterocycles.